The third-order valence-electron chi connectivity index (χ3n) is 2.54. The molecule has 1 N–H and O–H groups in total. The highest BCUT2D eigenvalue weighted by atomic mass is 32.1. The van der Waals surface area contributed by atoms with Crippen LogP contribution in [0.5, 0.6) is 0 Å². The first-order chi connectivity index (χ1) is 9.33. The summed E-state index contributed by atoms with van der Waals surface area (Å²) in [5.74, 6) is 0.649. The van der Waals surface area contributed by atoms with Crippen molar-refractivity contribution < 1.29 is 9.21 Å². The zero-order valence-corrected chi connectivity index (χ0v) is 10.7. The van der Waals surface area contributed by atoms with Crippen molar-refractivity contribution in [2.24, 2.45) is 0 Å². The first-order valence-electron chi connectivity index (χ1n) is 5.69. The number of rotatable bonds is 3. The van der Waals surface area contributed by atoms with Crippen LogP contribution in [0.3, 0.4) is 0 Å². The maximum absolute atomic E-state index is 11.9. The monoisotopic (exact) mass is 270 g/mol. The van der Waals surface area contributed by atoms with Crippen LogP contribution in [-0.4, -0.2) is 10.9 Å². The Balaban J connectivity index is 1.80. The molecule has 0 aliphatic heterocycles. The van der Waals surface area contributed by atoms with E-state index in [0.29, 0.717) is 10.9 Å². The topological polar surface area (TPSA) is 55.1 Å². The number of furan rings is 1. The molecule has 4 nitrogen and oxygen atoms in total. The van der Waals surface area contributed by atoms with Gasteiger partial charge in [-0.1, -0.05) is 30.3 Å². The number of anilines is 1. The van der Waals surface area contributed by atoms with Gasteiger partial charge < -0.3 is 4.42 Å². The van der Waals surface area contributed by atoms with Crippen molar-refractivity contribution in [1.82, 2.24) is 4.98 Å². The number of hydrogen-bond donors (Lipinski definition) is 1. The lowest BCUT2D eigenvalue weighted by Crippen LogP contribution is -2.10. The van der Waals surface area contributed by atoms with Crippen LogP contribution in [-0.2, 0) is 0 Å². The Morgan fingerprint density at radius 1 is 1.16 bits per heavy atom. The molecule has 0 saturated heterocycles. The Kier molecular flexibility index (Phi) is 3.12. The number of thiazole rings is 1. The van der Waals surface area contributed by atoms with Crippen LogP contribution in [0.2, 0.25) is 0 Å². The molecule has 0 aliphatic carbocycles. The van der Waals surface area contributed by atoms with E-state index in [2.05, 4.69) is 10.3 Å². The van der Waals surface area contributed by atoms with E-state index in [1.165, 1.54) is 11.3 Å². The number of aromatic nitrogens is 1. The summed E-state index contributed by atoms with van der Waals surface area (Å²) in [6.45, 7) is 0. The van der Waals surface area contributed by atoms with Gasteiger partial charge in [0.05, 0.1) is 0 Å². The van der Waals surface area contributed by atoms with Gasteiger partial charge in [-0.05, 0) is 12.1 Å². The van der Waals surface area contributed by atoms with Gasteiger partial charge in [0.1, 0.15) is 5.76 Å². The molecule has 2 heterocycles. The Hall–Kier alpha value is -2.40. The lowest BCUT2D eigenvalue weighted by molar-refractivity contribution is 0.0997. The molecule has 0 unspecified atom stereocenters. The van der Waals surface area contributed by atoms with Crippen LogP contribution in [0.4, 0.5) is 5.13 Å². The van der Waals surface area contributed by atoms with Crippen molar-refractivity contribution in [1.29, 1.82) is 0 Å². The third-order valence-corrected chi connectivity index (χ3v) is 3.23. The predicted molar refractivity (Wildman–Crippen MR) is 74.2 cm³/mol. The number of nitrogens with one attached hydrogen (secondary N) is 1. The van der Waals surface area contributed by atoms with E-state index >= 15 is 0 Å². The highest BCUT2D eigenvalue weighted by molar-refractivity contribution is 7.13. The first kappa shape index (κ1) is 11.7. The zero-order valence-electron chi connectivity index (χ0n) is 9.87. The van der Waals surface area contributed by atoms with E-state index in [4.69, 9.17) is 4.42 Å². The normalized spacial score (nSPS) is 10.3. The van der Waals surface area contributed by atoms with Crippen molar-refractivity contribution in [2.75, 3.05) is 5.32 Å². The third kappa shape index (κ3) is 2.56. The summed E-state index contributed by atoms with van der Waals surface area (Å²) < 4.78 is 5.55. The fraction of sp³-hybridized carbons (Fsp3) is 0. The summed E-state index contributed by atoms with van der Waals surface area (Å²) in [5.41, 5.74) is 0.941. The molecule has 0 spiro atoms. The van der Waals surface area contributed by atoms with Crippen molar-refractivity contribution in [3.8, 4) is 11.3 Å². The van der Waals surface area contributed by atoms with Gasteiger partial charge in [0, 0.05) is 17.1 Å². The van der Waals surface area contributed by atoms with Gasteiger partial charge in [0.2, 0.25) is 0 Å². The molecular weight excluding hydrogens is 260 g/mol. The lowest BCUT2D eigenvalue weighted by atomic mass is 10.2. The highest BCUT2D eigenvalue weighted by Crippen LogP contribution is 2.22. The van der Waals surface area contributed by atoms with Gasteiger partial charge in [-0.3, -0.25) is 10.1 Å². The van der Waals surface area contributed by atoms with E-state index in [0.717, 1.165) is 5.56 Å². The second kappa shape index (κ2) is 5.07. The Bertz CT molecular complexity index is 675. The van der Waals surface area contributed by atoms with Gasteiger partial charge in [-0.25, -0.2) is 4.98 Å². The SMILES string of the molecule is O=C(Nc1nccs1)c1ccc(-c2ccccc2)o1. The molecule has 0 fully saturated rings. The number of nitrogens with zero attached hydrogens (tertiary/aromatic N) is 1. The molecule has 0 atom stereocenters. The number of benzene rings is 1. The highest BCUT2D eigenvalue weighted by Gasteiger charge is 2.13. The van der Waals surface area contributed by atoms with Crippen LogP contribution >= 0.6 is 11.3 Å². The molecule has 19 heavy (non-hydrogen) atoms. The van der Waals surface area contributed by atoms with E-state index in [9.17, 15) is 4.79 Å². The first-order valence-corrected chi connectivity index (χ1v) is 6.57. The Labute approximate surface area is 113 Å². The largest absolute Gasteiger partial charge is 0.451 e. The van der Waals surface area contributed by atoms with Crippen LogP contribution in [0.25, 0.3) is 11.3 Å². The van der Waals surface area contributed by atoms with Crippen LogP contribution in [0, 0.1) is 0 Å². The molecule has 2 aromatic heterocycles. The average Bonchev–Trinajstić information content (AvgIpc) is 3.10. The van der Waals surface area contributed by atoms with Crippen molar-refractivity contribution in [3.05, 3.63) is 59.8 Å². The molecule has 0 aliphatic rings. The van der Waals surface area contributed by atoms with Crippen molar-refractivity contribution >= 4 is 22.4 Å². The number of carbonyl (C=O) groups excluding carboxylic acids is 1. The second-order valence-corrected chi connectivity index (χ2v) is 4.72. The van der Waals surface area contributed by atoms with Crippen LogP contribution < -0.4 is 5.32 Å². The van der Waals surface area contributed by atoms with Crippen LogP contribution in [0.1, 0.15) is 10.6 Å². The fourth-order valence-corrected chi connectivity index (χ4v) is 2.19. The Morgan fingerprint density at radius 2 is 2.00 bits per heavy atom. The molecule has 3 rings (SSSR count). The molecule has 1 aromatic carbocycles. The standard InChI is InChI=1S/C14H10N2O2S/c17-13(16-14-15-8-9-19-14)12-7-6-11(18-12)10-4-2-1-3-5-10/h1-9H,(H,15,16,17). The number of carbonyl (C=O) groups is 1. The van der Waals surface area contributed by atoms with Crippen molar-refractivity contribution in [2.45, 2.75) is 0 Å². The minimum absolute atomic E-state index is 0.272. The smallest absolute Gasteiger partial charge is 0.293 e. The predicted octanol–water partition coefficient (Wildman–Crippen LogP) is 3.66. The molecule has 0 saturated carbocycles. The lowest BCUT2D eigenvalue weighted by Gasteiger charge is -1.98. The van der Waals surface area contributed by atoms with Gasteiger partial charge in [0.15, 0.2) is 10.9 Å². The zero-order chi connectivity index (χ0) is 13.1. The summed E-state index contributed by atoms with van der Waals surface area (Å²) in [4.78, 5) is 15.9. The summed E-state index contributed by atoms with van der Waals surface area (Å²) in [6, 6.07) is 13.1. The quantitative estimate of drug-likeness (QED) is 0.790. The summed E-state index contributed by atoms with van der Waals surface area (Å²) in [6.07, 6.45) is 1.64. The molecular formula is C14H10N2O2S. The molecule has 1 amide bonds. The fourth-order valence-electron chi connectivity index (χ4n) is 1.66. The van der Waals surface area contributed by atoms with E-state index in [1.807, 2.05) is 30.3 Å². The maximum Gasteiger partial charge on any atom is 0.293 e. The Morgan fingerprint density at radius 3 is 2.74 bits per heavy atom. The molecule has 0 radical (unpaired) electrons. The molecule has 0 bridgehead atoms. The number of amides is 1. The van der Waals surface area contributed by atoms with E-state index in [-0.39, 0.29) is 11.7 Å². The minimum Gasteiger partial charge on any atom is -0.451 e. The van der Waals surface area contributed by atoms with Crippen LogP contribution in [0.15, 0.2) is 58.5 Å². The van der Waals surface area contributed by atoms with Gasteiger partial charge in [0.25, 0.3) is 5.91 Å². The number of hydrogen-bond acceptors (Lipinski definition) is 4. The average molecular weight is 270 g/mol. The summed E-state index contributed by atoms with van der Waals surface area (Å²) in [7, 11) is 0. The molecule has 94 valence electrons. The van der Waals surface area contributed by atoms with Gasteiger partial charge in [-0.2, -0.15) is 0 Å². The van der Waals surface area contributed by atoms with Gasteiger partial charge in [-0.15, -0.1) is 11.3 Å². The van der Waals surface area contributed by atoms with E-state index < -0.39 is 0 Å². The summed E-state index contributed by atoms with van der Waals surface area (Å²) in [5, 5.41) is 5.03. The summed E-state index contributed by atoms with van der Waals surface area (Å²) >= 11 is 1.36. The van der Waals surface area contributed by atoms with E-state index in [1.54, 1.807) is 23.7 Å². The minimum atomic E-state index is -0.294. The second-order valence-electron chi connectivity index (χ2n) is 3.82. The maximum atomic E-state index is 11.9. The van der Waals surface area contributed by atoms with Crippen molar-refractivity contribution in [3.63, 3.8) is 0 Å². The molecule has 5 heteroatoms. The van der Waals surface area contributed by atoms with Gasteiger partial charge >= 0.3 is 0 Å². The molecule has 3 aromatic rings.